The fourth-order valence-electron chi connectivity index (χ4n) is 4.53. The van der Waals surface area contributed by atoms with E-state index in [-0.39, 0.29) is 24.0 Å². The minimum Gasteiger partial charge on any atom is -0.379 e. The van der Waals surface area contributed by atoms with Gasteiger partial charge >= 0.3 is 0 Å². The number of nitrogens with one attached hydrogen (secondary N) is 2. The lowest BCUT2D eigenvalue weighted by Crippen LogP contribution is -2.53. The highest BCUT2D eigenvalue weighted by atomic mass is 127. The van der Waals surface area contributed by atoms with Crippen molar-refractivity contribution < 1.29 is 4.74 Å². The number of morpholine rings is 1. The Morgan fingerprint density at radius 3 is 2.39 bits per heavy atom. The molecule has 0 spiro atoms. The van der Waals surface area contributed by atoms with E-state index in [0.717, 1.165) is 71.3 Å². The summed E-state index contributed by atoms with van der Waals surface area (Å²) in [7, 11) is 1.88. The van der Waals surface area contributed by atoms with Crippen molar-refractivity contribution in [2.24, 2.45) is 10.9 Å². The van der Waals surface area contributed by atoms with Crippen LogP contribution in [0.2, 0.25) is 0 Å². The van der Waals surface area contributed by atoms with Crippen molar-refractivity contribution >= 4 is 29.9 Å². The maximum atomic E-state index is 5.55. The molecular weight excluding hydrogens is 501 g/mol. The third kappa shape index (κ3) is 9.24. The van der Waals surface area contributed by atoms with Gasteiger partial charge in [-0.3, -0.25) is 14.8 Å². The molecule has 1 unspecified atom stereocenters. The van der Waals surface area contributed by atoms with E-state index < -0.39 is 0 Å². The number of hydrogen-bond donors (Lipinski definition) is 2. The molecular formula is C24H42IN5O. The average molecular weight is 544 g/mol. The first-order valence-electron chi connectivity index (χ1n) is 11.7. The predicted molar refractivity (Wildman–Crippen MR) is 140 cm³/mol. The van der Waals surface area contributed by atoms with E-state index >= 15 is 0 Å². The summed E-state index contributed by atoms with van der Waals surface area (Å²) in [6.45, 7) is 12.6. The second-order valence-electron chi connectivity index (χ2n) is 9.07. The Hall–Kier alpha value is -0.900. The van der Waals surface area contributed by atoms with Gasteiger partial charge in [0.25, 0.3) is 0 Å². The molecule has 2 N–H and O–H groups in total. The Morgan fingerprint density at radius 1 is 1.10 bits per heavy atom. The van der Waals surface area contributed by atoms with Crippen molar-refractivity contribution in [2.75, 3.05) is 53.0 Å². The average Bonchev–Trinajstić information content (AvgIpc) is 2.78. The second kappa shape index (κ2) is 14.3. The molecule has 3 rings (SSSR count). The van der Waals surface area contributed by atoms with Crippen molar-refractivity contribution in [1.82, 2.24) is 20.4 Å². The summed E-state index contributed by atoms with van der Waals surface area (Å²) in [5, 5.41) is 7.28. The van der Waals surface area contributed by atoms with E-state index in [1.54, 1.807) is 0 Å². The highest BCUT2D eigenvalue weighted by Gasteiger charge is 2.23. The number of nitrogens with zero attached hydrogens (tertiary/aromatic N) is 3. The SMILES string of the molecule is CN=C(NCC(CC(C)C)N1CCOCC1)NC1CCN(Cc2ccccc2)CC1.I. The van der Waals surface area contributed by atoms with E-state index in [2.05, 4.69) is 69.6 Å². The molecule has 0 saturated carbocycles. The minimum absolute atomic E-state index is 0. The fourth-order valence-corrected chi connectivity index (χ4v) is 4.53. The molecule has 0 bridgehead atoms. The van der Waals surface area contributed by atoms with Crippen LogP contribution in [-0.2, 0) is 11.3 Å². The number of likely N-dealkylation sites (tertiary alicyclic amines) is 1. The largest absolute Gasteiger partial charge is 0.379 e. The Bertz CT molecular complexity index is 628. The van der Waals surface area contributed by atoms with Crippen LogP contribution in [0.15, 0.2) is 35.3 Å². The van der Waals surface area contributed by atoms with Crippen LogP contribution in [0.4, 0.5) is 0 Å². The van der Waals surface area contributed by atoms with Gasteiger partial charge in [-0.15, -0.1) is 24.0 Å². The van der Waals surface area contributed by atoms with Gasteiger partial charge in [-0.1, -0.05) is 44.2 Å². The number of benzene rings is 1. The topological polar surface area (TPSA) is 52.1 Å². The van der Waals surface area contributed by atoms with E-state index in [0.29, 0.717) is 18.0 Å². The summed E-state index contributed by atoms with van der Waals surface area (Å²) in [5.74, 6) is 1.63. The van der Waals surface area contributed by atoms with Gasteiger partial charge in [0, 0.05) is 58.4 Å². The molecule has 0 radical (unpaired) electrons. The van der Waals surface area contributed by atoms with Gasteiger partial charge in [0.2, 0.25) is 0 Å². The molecule has 6 nitrogen and oxygen atoms in total. The van der Waals surface area contributed by atoms with Gasteiger partial charge in [-0.2, -0.15) is 0 Å². The monoisotopic (exact) mass is 543 g/mol. The van der Waals surface area contributed by atoms with Crippen LogP contribution in [0, 0.1) is 5.92 Å². The molecule has 1 aromatic carbocycles. The molecule has 31 heavy (non-hydrogen) atoms. The first-order chi connectivity index (χ1) is 14.6. The lowest BCUT2D eigenvalue weighted by molar-refractivity contribution is 0.0132. The number of halogens is 1. The number of piperidine rings is 1. The molecule has 2 aliphatic heterocycles. The summed E-state index contributed by atoms with van der Waals surface area (Å²) < 4.78 is 5.55. The molecule has 2 fully saturated rings. The summed E-state index contributed by atoms with van der Waals surface area (Å²) >= 11 is 0. The number of ether oxygens (including phenoxy) is 1. The number of guanidine groups is 1. The maximum absolute atomic E-state index is 5.55. The maximum Gasteiger partial charge on any atom is 0.191 e. The summed E-state index contributed by atoms with van der Waals surface area (Å²) in [6, 6.07) is 11.8. The Kier molecular flexibility index (Phi) is 12.1. The highest BCUT2D eigenvalue weighted by molar-refractivity contribution is 14.0. The number of aliphatic imine (C=N–C) groups is 1. The van der Waals surface area contributed by atoms with Gasteiger partial charge in [-0.25, -0.2) is 0 Å². The van der Waals surface area contributed by atoms with Crippen molar-refractivity contribution in [3.8, 4) is 0 Å². The lowest BCUT2D eigenvalue weighted by Gasteiger charge is -2.36. The normalized spacial score (nSPS) is 20.3. The third-order valence-electron chi connectivity index (χ3n) is 6.21. The van der Waals surface area contributed by atoms with E-state index in [9.17, 15) is 0 Å². The van der Waals surface area contributed by atoms with Crippen LogP contribution in [0.5, 0.6) is 0 Å². The molecule has 176 valence electrons. The van der Waals surface area contributed by atoms with Crippen LogP contribution in [0.1, 0.15) is 38.7 Å². The smallest absolute Gasteiger partial charge is 0.191 e. The zero-order chi connectivity index (χ0) is 21.2. The molecule has 2 aliphatic rings. The number of rotatable bonds is 8. The molecule has 1 atom stereocenters. The first kappa shape index (κ1) is 26.4. The second-order valence-corrected chi connectivity index (χ2v) is 9.07. The molecule has 0 aromatic heterocycles. The number of hydrogen-bond acceptors (Lipinski definition) is 4. The molecule has 0 amide bonds. The standard InChI is InChI=1S/C24H41N5O.HI/c1-20(2)17-23(29-13-15-30-16-14-29)18-26-24(25-3)27-22-9-11-28(12-10-22)19-21-7-5-4-6-8-21;/h4-8,20,22-23H,9-19H2,1-3H3,(H2,25,26,27);1H. The van der Waals surface area contributed by atoms with Crippen molar-refractivity contribution in [3.63, 3.8) is 0 Å². The highest BCUT2D eigenvalue weighted by Crippen LogP contribution is 2.15. The van der Waals surface area contributed by atoms with E-state index in [1.807, 2.05) is 7.05 Å². The zero-order valence-corrected chi connectivity index (χ0v) is 21.9. The fraction of sp³-hybridized carbons (Fsp3) is 0.708. The van der Waals surface area contributed by atoms with Crippen molar-refractivity contribution in [1.29, 1.82) is 0 Å². The van der Waals surface area contributed by atoms with Gasteiger partial charge in [-0.05, 0) is 30.7 Å². The summed E-state index contributed by atoms with van der Waals surface area (Å²) in [5.41, 5.74) is 1.40. The Balaban J connectivity index is 0.00000341. The summed E-state index contributed by atoms with van der Waals surface area (Å²) in [6.07, 6.45) is 3.51. The van der Waals surface area contributed by atoms with Crippen LogP contribution < -0.4 is 10.6 Å². The van der Waals surface area contributed by atoms with Crippen LogP contribution in [0.3, 0.4) is 0 Å². The van der Waals surface area contributed by atoms with Gasteiger partial charge in [0.05, 0.1) is 13.2 Å². The third-order valence-corrected chi connectivity index (χ3v) is 6.21. The molecule has 2 saturated heterocycles. The van der Waals surface area contributed by atoms with Gasteiger partial charge in [0.1, 0.15) is 0 Å². The predicted octanol–water partition coefficient (Wildman–Crippen LogP) is 3.18. The molecule has 0 aliphatic carbocycles. The molecule has 1 aromatic rings. The van der Waals surface area contributed by atoms with Gasteiger partial charge in [0.15, 0.2) is 5.96 Å². The minimum atomic E-state index is 0. The first-order valence-corrected chi connectivity index (χ1v) is 11.7. The quantitative estimate of drug-likeness (QED) is 0.300. The Morgan fingerprint density at radius 2 is 1.77 bits per heavy atom. The van der Waals surface area contributed by atoms with E-state index in [4.69, 9.17) is 4.74 Å². The molecule has 7 heteroatoms. The Labute approximate surface area is 206 Å². The van der Waals surface area contributed by atoms with Crippen molar-refractivity contribution in [3.05, 3.63) is 35.9 Å². The van der Waals surface area contributed by atoms with Crippen LogP contribution in [0.25, 0.3) is 0 Å². The summed E-state index contributed by atoms with van der Waals surface area (Å²) in [4.78, 5) is 9.63. The van der Waals surface area contributed by atoms with Crippen LogP contribution >= 0.6 is 24.0 Å². The zero-order valence-electron chi connectivity index (χ0n) is 19.6. The van der Waals surface area contributed by atoms with E-state index in [1.165, 1.54) is 12.0 Å². The van der Waals surface area contributed by atoms with Crippen LogP contribution in [-0.4, -0.2) is 80.8 Å². The lowest BCUT2D eigenvalue weighted by atomic mass is 10.0. The molecule has 2 heterocycles. The van der Waals surface area contributed by atoms with Gasteiger partial charge < -0.3 is 15.4 Å². The van der Waals surface area contributed by atoms with Crippen molar-refractivity contribution in [2.45, 2.75) is 51.7 Å².